The highest BCUT2D eigenvalue weighted by molar-refractivity contribution is 6.11. The number of aliphatic hydroxyl groups is 1. The van der Waals surface area contributed by atoms with Gasteiger partial charge >= 0.3 is 0 Å². The van der Waals surface area contributed by atoms with Crippen molar-refractivity contribution in [3.05, 3.63) is 54.4 Å². The predicted molar refractivity (Wildman–Crippen MR) is 114 cm³/mol. The Bertz CT molecular complexity index is 1090. The quantitative estimate of drug-likeness (QED) is 0.643. The Morgan fingerprint density at radius 2 is 2.00 bits per heavy atom. The molecular formula is C22H22N4O3. The van der Waals surface area contributed by atoms with Gasteiger partial charge in [0.25, 0.3) is 0 Å². The lowest BCUT2D eigenvalue weighted by Gasteiger charge is -2.25. The van der Waals surface area contributed by atoms with Gasteiger partial charge < -0.3 is 19.8 Å². The summed E-state index contributed by atoms with van der Waals surface area (Å²) in [5.41, 5.74) is 4.98. The van der Waals surface area contributed by atoms with Gasteiger partial charge in [0.1, 0.15) is 11.5 Å². The molecule has 0 bridgehead atoms. The first-order valence-corrected chi connectivity index (χ1v) is 9.41. The maximum atomic E-state index is 10.1. The lowest BCUT2D eigenvalue weighted by atomic mass is 10.1. The molecule has 7 heteroatoms. The number of hydrogen-bond acceptors (Lipinski definition) is 7. The fraction of sp³-hybridized carbons (Fsp3) is 0.227. The molecule has 0 spiro atoms. The zero-order valence-electron chi connectivity index (χ0n) is 16.1. The van der Waals surface area contributed by atoms with Gasteiger partial charge in [-0.25, -0.2) is 4.98 Å². The van der Waals surface area contributed by atoms with Crippen LogP contribution in [0, 0.1) is 0 Å². The van der Waals surface area contributed by atoms with E-state index < -0.39 is 0 Å². The van der Waals surface area contributed by atoms with Gasteiger partial charge in [-0.1, -0.05) is 6.08 Å². The number of fused-ring (bicyclic) bond motifs is 1. The van der Waals surface area contributed by atoms with Crippen LogP contribution in [0.4, 0.5) is 11.4 Å². The van der Waals surface area contributed by atoms with E-state index in [1.807, 2.05) is 41.5 Å². The molecule has 29 heavy (non-hydrogen) atoms. The maximum absolute atomic E-state index is 10.1. The van der Waals surface area contributed by atoms with E-state index in [4.69, 9.17) is 9.72 Å². The molecule has 148 valence electrons. The summed E-state index contributed by atoms with van der Waals surface area (Å²) in [4.78, 5) is 15.5. The van der Waals surface area contributed by atoms with E-state index >= 15 is 0 Å². The Morgan fingerprint density at radius 1 is 1.10 bits per heavy atom. The second-order valence-corrected chi connectivity index (χ2v) is 6.70. The van der Waals surface area contributed by atoms with Crippen LogP contribution < -0.4 is 9.64 Å². The topological polar surface area (TPSA) is 91.1 Å². The SMILES string of the molecule is COc1cc(O)cc(N(CCCO)c2ccc3ncc(C4=CCN=C4)nc3c2)c1. The maximum Gasteiger partial charge on any atom is 0.124 e. The van der Waals surface area contributed by atoms with E-state index in [-0.39, 0.29) is 12.4 Å². The third kappa shape index (κ3) is 4.05. The van der Waals surface area contributed by atoms with Crippen molar-refractivity contribution >= 4 is 34.2 Å². The van der Waals surface area contributed by atoms with Crippen molar-refractivity contribution in [2.45, 2.75) is 6.42 Å². The lowest BCUT2D eigenvalue weighted by Crippen LogP contribution is -2.19. The second-order valence-electron chi connectivity index (χ2n) is 6.70. The average molecular weight is 390 g/mol. The molecule has 2 heterocycles. The van der Waals surface area contributed by atoms with Crippen molar-refractivity contribution < 1.29 is 14.9 Å². The van der Waals surface area contributed by atoms with E-state index in [9.17, 15) is 10.2 Å². The smallest absolute Gasteiger partial charge is 0.124 e. The first kappa shape index (κ1) is 18.9. The first-order chi connectivity index (χ1) is 14.2. The van der Waals surface area contributed by atoms with Crippen LogP contribution >= 0.6 is 0 Å². The van der Waals surface area contributed by atoms with Crippen LogP contribution in [-0.2, 0) is 0 Å². The monoisotopic (exact) mass is 390 g/mol. The number of phenols is 1. The molecule has 0 aliphatic carbocycles. The zero-order valence-corrected chi connectivity index (χ0v) is 16.1. The summed E-state index contributed by atoms with van der Waals surface area (Å²) < 4.78 is 5.29. The van der Waals surface area contributed by atoms with E-state index in [1.165, 1.54) is 0 Å². The summed E-state index contributed by atoms with van der Waals surface area (Å²) in [7, 11) is 1.56. The molecule has 0 atom stereocenters. The molecular weight excluding hydrogens is 368 g/mol. The number of phenolic OH excluding ortho intramolecular Hbond substituents is 1. The van der Waals surface area contributed by atoms with Gasteiger partial charge in [-0.05, 0) is 24.6 Å². The summed E-state index contributed by atoms with van der Waals surface area (Å²) in [6, 6.07) is 10.9. The number of ether oxygens (including phenoxy) is 1. The Kier molecular flexibility index (Phi) is 5.39. The number of benzene rings is 2. The Labute approximate surface area is 168 Å². The number of allylic oxidation sites excluding steroid dienone is 1. The van der Waals surface area contributed by atoms with Crippen LogP contribution in [0.25, 0.3) is 16.6 Å². The summed E-state index contributed by atoms with van der Waals surface area (Å²) in [6.07, 6.45) is 6.17. The number of hydrogen-bond donors (Lipinski definition) is 2. The molecule has 4 rings (SSSR count). The molecule has 3 aromatic rings. The second kappa shape index (κ2) is 8.28. The van der Waals surface area contributed by atoms with Gasteiger partial charge in [-0.2, -0.15) is 0 Å². The molecule has 2 aromatic carbocycles. The van der Waals surface area contributed by atoms with Gasteiger partial charge in [0.15, 0.2) is 0 Å². The molecule has 0 amide bonds. The number of aromatic hydroxyl groups is 1. The van der Waals surface area contributed by atoms with Crippen LogP contribution in [0.2, 0.25) is 0 Å². The molecule has 0 saturated heterocycles. The van der Waals surface area contributed by atoms with Crippen molar-refractivity contribution in [1.29, 1.82) is 0 Å². The van der Waals surface area contributed by atoms with E-state index in [0.29, 0.717) is 25.3 Å². The predicted octanol–water partition coefficient (Wildman–Crippen LogP) is 3.33. The third-order valence-electron chi connectivity index (χ3n) is 4.74. The molecule has 0 unspecified atom stereocenters. The minimum absolute atomic E-state index is 0.0669. The minimum Gasteiger partial charge on any atom is -0.508 e. The number of rotatable bonds is 7. The van der Waals surface area contributed by atoms with Crippen molar-refractivity contribution in [2.24, 2.45) is 4.99 Å². The number of anilines is 2. The minimum atomic E-state index is 0.0669. The Hall–Kier alpha value is -3.45. The zero-order chi connectivity index (χ0) is 20.2. The average Bonchev–Trinajstić information content (AvgIpc) is 3.28. The summed E-state index contributed by atoms with van der Waals surface area (Å²) >= 11 is 0. The molecule has 0 radical (unpaired) electrons. The van der Waals surface area contributed by atoms with Crippen molar-refractivity contribution in [2.75, 3.05) is 31.7 Å². The van der Waals surface area contributed by atoms with E-state index in [2.05, 4.69) is 9.98 Å². The third-order valence-corrected chi connectivity index (χ3v) is 4.74. The standard InChI is InChI=1S/C22H22N4O3/c1-29-19-10-17(9-18(28)12-19)26(7-2-8-27)16-3-4-20-21(11-16)25-22(14-24-20)15-5-6-23-13-15/h3-5,9-14,27-28H,2,6-8H2,1H3. The van der Waals surface area contributed by atoms with Gasteiger partial charge in [0, 0.05) is 54.5 Å². The summed E-state index contributed by atoms with van der Waals surface area (Å²) in [5.74, 6) is 0.674. The van der Waals surface area contributed by atoms with E-state index in [1.54, 1.807) is 25.4 Å². The van der Waals surface area contributed by atoms with Crippen LogP contribution in [0.5, 0.6) is 11.5 Å². The lowest BCUT2D eigenvalue weighted by molar-refractivity contribution is 0.291. The van der Waals surface area contributed by atoms with Crippen molar-refractivity contribution in [1.82, 2.24) is 9.97 Å². The van der Waals surface area contributed by atoms with Gasteiger partial charge in [-0.15, -0.1) is 0 Å². The molecule has 1 aliphatic heterocycles. The number of methoxy groups -OCH3 is 1. The fourth-order valence-electron chi connectivity index (χ4n) is 3.31. The largest absolute Gasteiger partial charge is 0.508 e. The first-order valence-electron chi connectivity index (χ1n) is 9.41. The van der Waals surface area contributed by atoms with Crippen LogP contribution in [-0.4, -0.2) is 53.2 Å². The number of nitrogens with zero attached hydrogens (tertiary/aromatic N) is 4. The van der Waals surface area contributed by atoms with Crippen molar-refractivity contribution in [3.63, 3.8) is 0 Å². The van der Waals surface area contributed by atoms with Gasteiger partial charge in [-0.3, -0.25) is 9.98 Å². The van der Waals surface area contributed by atoms with E-state index in [0.717, 1.165) is 33.7 Å². The number of aromatic nitrogens is 2. The van der Waals surface area contributed by atoms with Gasteiger partial charge in [0.2, 0.25) is 0 Å². The highest BCUT2D eigenvalue weighted by Crippen LogP contribution is 2.33. The molecule has 1 aromatic heterocycles. The highest BCUT2D eigenvalue weighted by Gasteiger charge is 2.14. The van der Waals surface area contributed by atoms with Crippen molar-refractivity contribution in [3.8, 4) is 11.5 Å². The number of aliphatic imine (C=N–C) groups is 1. The highest BCUT2D eigenvalue weighted by atomic mass is 16.5. The molecule has 0 fully saturated rings. The fourth-order valence-corrected chi connectivity index (χ4v) is 3.31. The Balaban J connectivity index is 1.77. The van der Waals surface area contributed by atoms with Gasteiger partial charge in [0.05, 0.1) is 36.6 Å². The normalized spacial score (nSPS) is 13.0. The molecule has 0 saturated carbocycles. The van der Waals surface area contributed by atoms with Crippen LogP contribution in [0.15, 0.2) is 53.7 Å². The summed E-state index contributed by atoms with van der Waals surface area (Å²) in [6.45, 7) is 1.31. The molecule has 1 aliphatic rings. The Morgan fingerprint density at radius 3 is 2.76 bits per heavy atom. The summed E-state index contributed by atoms with van der Waals surface area (Å²) in [5, 5.41) is 19.4. The molecule has 7 nitrogen and oxygen atoms in total. The van der Waals surface area contributed by atoms with Crippen LogP contribution in [0.3, 0.4) is 0 Å². The van der Waals surface area contributed by atoms with Crippen LogP contribution in [0.1, 0.15) is 12.1 Å². The molecule has 2 N–H and O–H groups in total. The number of aliphatic hydroxyl groups excluding tert-OH is 1.